The molecule has 6 heteroatoms. The summed E-state index contributed by atoms with van der Waals surface area (Å²) in [5, 5.41) is 14.0. The molecule has 0 fully saturated rings. The number of hydrogen-bond donors (Lipinski definition) is 3. The first kappa shape index (κ1) is 14.9. The molecule has 0 aliphatic rings. The van der Waals surface area contributed by atoms with Crippen molar-refractivity contribution in [1.29, 1.82) is 0 Å². The number of aliphatic carboxylic acids is 1. The molecule has 104 valence electrons. The van der Waals surface area contributed by atoms with Crippen LogP contribution < -0.4 is 10.6 Å². The lowest BCUT2D eigenvalue weighted by Crippen LogP contribution is -2.39. The second-order valence-electron chi connectivity index (χ2n) is 4.45. The summed E-state index contributed by atoms with van der Waals surface area (Å²) >= 11 is 0. The zero-order valence-corrected chi connectivity index (χ0v) is 10.9. The van der Waals surface area contributed by atoms with Crippen LogP contribution in [0.5, 0.6) is 0 Å². The van der Waals surface area contributed by atoms with Crippen LogP contribution in [0.15, 0.2) is 24.5 Å². The Hall–Kier alpha value is -2.11. The van der Waals surface area contributed by atoms with Gasteiger partial charge in [-0.1, -0.05) is 6.92 Å². The predicted molar refractivity (Wildman–Crippen MR) is 70.8 cm³/mol. The maximum absolute atomic E-state index is 11.4. The van der Waals surface area contributed by atoms with Gasteiger partial charge in [-0.05, 0) is 30.0 Å². The van der Waals surface area contributed by atoms with Crippen molar-refractivity contribution in [2.45, 2.75) is 19.8 Å². The first-order chi connectivity index (χ1) is 9.08. The minimum absolute atomic E-state index is 0.0529. The lowest BCUT2D eigenvalue weighted by atomic mass is 10.1. The monoisotopic (exact) mass is 265 g/mol. The van der Waals surface area contributed by atoms with Crippen LogP contribution in [-0.2, 0) is 11.2 Å². The van der Waals surface area contributed by atoms with Gasteiger partial charge in [-0.15, -0.1) is 0 Å². The Morgan fingerprint density at radius 1 is 1.32 bits per heavy atom. The van der Waals surface area contributed by atoms with E-state index >= 15 is 0 Å². The Labute approximate surface area is 112 Å². The van der Waals surface area contributed by atoms with Crippen LogP contribution in [0.2, 0.25) is 0 Å². The number of carbonyl (C=O) groups excluding carboxylic acids is 1. The number of nitrogens with zero attached hydrogens (tertiary/aromatic N) is 1. The number of carboxylic acid groups (broad SMARTS) is 1. The molecule has 0 bridgehead atoms. The van der Waals surface area contributed by atoms with Gasteiger partial charge in [0, 0.05) is 31.9 Å². The summed E-state index contributed by atoms with van der Waals surface area (Å²) in [6.07, 6.45) is 4.21. The van der Waals surface area contributed by atoms with Crippen molar-refractivity contribution < 1.29 is 14.7 Å². The van der Waals surface area contributed by atoms with Gasteiger partial charge in [0.15, 0.2) is 0 Å². The Morgan fingerprint density at radius 2 is 2.00 bits per heavy atom. The molecule has 0 saturated heterocycles. The number of pyridine rings is 1. The van der Waals surface area contributed by atoms with Gasteiger partial charge in [-0.25, -0.2) is 4.79 Å². The van der Waals surface area contributed by atoms with E-state index in [1.54, 1.807) is 19.3 Å². The molecule has 3 N–H and O–H groups in total. The van der Waals surface area contributed by atoms with Crippen LogP contribution in [0.1, 0.15) is 18.9 Å². The highest BCUT2D eigenvalue weighted by molar-refractivity contribution is 5.74. The third-order valence-electron chi connectivity index (χ3n) is 2.58. The van der Waals surface area contributed by atoms with Crippen LogP contribution >= 0.6 is 0 Å². The minimum atomic E-state index is -0.854. The average Bonchev–Trinajstić information content (AvgIpc) is 2.37. The Morgan fingerprint density at radius 3 is 2.63 bits per heavy atom. The topological polar surface area (TPSA) is 91.3 Å². The number of amides is 2. The fourth-order valence-electron chi connectivity index (χ4n) is 1.57. The molecule has 19 heavy (non-hydrogen) atoms. The molecule has 1 heterocycles. The third kappa shape index (κ3) is 7.03. The van der Waals surface area contributed by atoms with Crippen LogP contribution in [0.4, 0.5) is 4.79 Å². The standard InChI is InChI=1S/C13H19N3O3/c1-10(8-12(17)18)9-16-13(19)15-7-4-11-2-5-14-6-3-11/h2-3,5-6,10H,4,7-9H2,1H3,(H,17,18)(H2,15,16,19). The van der Waals surface area contributed by atoms with Crippen molar-refractivity contribution >= 4 is 12.0 Å². The first-order valence-corrected chi connectivity index (χ1v) is 6.20. The van der Waals surface area contributed by atoms with Gasteiger partial charge in [0.25, 0.3) is 0 Å². The molecule has 0 aliphatic carbocycles. The van der Waals surface area contributed by atoms with Crippen molar-refractivity contribution in [1.82, 2.24) is 15.6 Å². The minimum Gasteiger partial charge on any atom is -0.481 e. The van der Waals surface area contributed by atoms with Gasteiger partial charge in [0.1, 0.15) is 0 Å². The molecule has 1 atom stereocenters. The molecule has 1 unspecified atom stereocenters. The Balaban J connectivity index is 2.13. The van der Waals surface area contributed by atoms with E-state index in [-0.39, 0.29) is 18.4 Å². The van der Waals surface area contributed by atoms with Crippen molar-refractivity contribution in [3.8, 4) is 0 Å². The molecule has 0 spiro atoms. The zero-order valence-electron chi connectivity index (χ0n) is 10.9. The average molecular weight is 265 g/mol. The third-order valence-corrected chi connectivity index (χ3v) is 2.58. The van der Waals surface area contributed by atoms with Crippen molar-refractivity contribution in [3.05, 3.63) is 30.1 Å². The van der Waals surface area contributed by atoms with Gasteiger partial charge >= 0.3 is 12.0 Å². The van der Waals surface area contributed by atoms with E-state index < -0.39 is 5.97 Å². The van der Waals surface area contributed by atoms with Gasteiger partial charge in [0.05, 0.1) is 0 Å². The molecular weight excluding hydrogens is 246 g/mol. The van der Waals surface area contributed by atoms with Crippen LogP contribution in [-0.4, -0.2) is 35.2 Å². The van der Waals surface area contributed by atoms with E-state index in [9.17, 15) is 9.59 Å². The molecule has 1 aromatic rings. The van der Waals surface area contributed by atoms with E-state index in [4.69, 9.17) is 5.11 Å². The highest BCUT2D eigenvalue weighted by Crippen LogP contribution is 1.99. The molecular formula is C13H19N3O3. The Bertz CT molecular complexity index is 409. The maximum Gasteiger partial charge on any atom is 0.314 e. The normalized spacial score (nSPS) is 11.6. The summed E-state index contributed by atoms with van der Waals surface area (Å²) in [5.41, 5.74) is 1.11. The first-order valence-electron chi connectivity index (χ1n) is 6.20. The Kier molecular flexibility index (Phi) is 6.35. The van der Waals surface area contributed by atoms with E-state index in [2.05, 4.69) is 15.6 Å². The highest BCUT2D eigenvalue weighted by atomic mass is 16.4. The molecule has 0 saturated carbocycles. The van der Waals surface area contributed by atoms with Crippen LogP contribution in [0, 0.1) is 5.92 Å². The highest BCUT2D eigenvalue weighted by Gasteiger charge is 2.08. The molecule has 0 radical (unpaired) electrons. The molecule has 0 aromatic carbocycles. The van der Waals surface area contributed by atoms with Crippen molar-refractivity contribution in [2.24, 2.45) is 5.92 Å². The summed E-state index contributed by atoms with van der Waals surface area (Å²) in [6, 6.07) is 3.52. The number of rotatable bonds is 7. The van der Waals surface area contributed by atoms with Gasteiger partial charge < -0.3 is 15.7 Å². The summed E-state index contributed by atoms with van der Waals surface area (Å²) < 4.78 is 0. The van der Waals surface area contributed by atoms with Gasteiger partial charge in [-0.2, -0.15) is 0 Å². The number of carboxylic acids is 1. The van der Waals surface area contributed by atoms with E-state index in [1.165, 1.54) is 0 Å². The van der Waals surface area contributed by atoms with Gasteiger partial charge in [0.2, 0.25) is 0 Å². The van der Waals surface area contributed by atoms with Crippen LogP contribution in [0.3, 0.4) is 0 Å². The van der Waals surface area contributed by atoms with Crippen molar-refractivity contribution in [3.63, 3.8) is 0 Å². The number of urea groups is 1. The fourth-order valence-corrected chi connectivity index (χ4v) is 1.57. The number of hydrogen-bond acceptors (Lipinski definition) is 3. The summed E-state index contributed by atoms with van der Waals surface area (Å²) in [4.78, 5) is 25.8. The largest absolute Gasteiger partial charge is 0.481 e. The number of carbonyl (C=O) groups is 2. The fraction of sp³-hybridized carbons (Fsp3) is 0.462. The van der Waals surface area contributed by atoms with Gasteiger partial charge in [-0.3, -0.25) is 9.78 Å². The second-order valence-corrected chi connectivity index (χ2v) is 4.45. The van der Waals surface area contributed by atoms with E-state index in [0.29, 0.717) is 13.1 Å². The summed E-state index contributed by atoms with van der Waals surface area (Å²) in [7, 11) is 0. The second kappa shape index (κ2) is 8.07. The quantitative estimate of drug-likeness (QED) is 0.686. The number of aromatic nitrogens is 1. The molecule has 1 aromatic heterocycles. The lowest BCUT2D eigenvalue weighted by molar-refractivity contribution is -0.137. The van der Waals surface area contributed by atoms with E-state index in [0.717, 1.165) is 12.0 Å². The predicted octanol–water partition coefficient (Wildman–Crippen LogP) is 1.03. The zero-order chi connectivity index (χ0) is 14.1. The van der Waals surface area contributed by atoms with Crippen molar-refractivity contribution in [2.75, 3.05) is 13.1 Å². The molecule has 6 nitrogen and oxygen atoms in total. The molecule has 2 amide bonds. The van der Waals surface area contributed by atoms with E-state index in [1.807, 2.05) is 12.1 Å². The summed E-state index contributed by atoms with van der Waals surface area (Å²) in [5.74, 6) is -0.934. The summed E-state index contributed by atoms with van der Waals surface area (Å²) in [6.45, 7) is 2.67. The van der Waals surface area contributed by atoms with Crippen LogP contribution in [0.25, 0.3) is 0 Å². The molecule has 1 rings (SSSR count). The smallest absolute Gasteiger partial charge is 0.314 e. The lowest BCUT2D eigenvalue weighted by Gasteiger charge is -2.11. The number of nitrogens with one attached hydrogen (secondary N) is 2. The maximum atomic E-state index is 11.4. The molecule has 0 aliphatic heterocycles. The SMILES string of the molecule is CC(CNC(=O)NCCc1ccncc1)CC(=O)O.